The van der Waals surface area contributed by atoms with Crippen molar-refractivity contribution in [2.45, 2.75) is 50.6 Å². The third-order valence-electron chi connectivity index (χ3n) is 4.00. The molecule has 5 nitrogen and oxygen atoms in total. The van der Waals surface area contributed by atoms with Gasteiger partial charge in [0.25, 0.3) is 0 Å². The molecule has 1 heterocycles. The second-order valence-corrected chi connectivity index (χ2v) is 7.68. The predicted molar refractivity (Wildman–Crippen MR) is 70.2 cm³/mol. The van der Waals surface area contributed by atoms with E-state index in [0.717, 1.165) is 12.8 Å². The van der Waals surface area contributed by atoms with Crippen LogP contribution in [0.5, 0.6) is 0 Å². The SMILES string of the molecule is CN(C(=O)N[C@@H]1CCS(=O)(=O)C1)C1CCCCC1. The topological polar surface area (TPSA) is 66.5 Å². The number of nitrogens with zero attached hydrogens (tertiary/aromatic N) is 1. The number of carbonyl (C=O) groups is 1. The number of nitrogens with one attached hydrogen (secondary N) is 1. The molecule has 0 bridgehead atoms. The summed E-state index contributed by atoms with van der Waals surface area (Å²) < 4.78 is 22.7. The van der Waals surface area contributed by atoms with Crippen molar-refractivity contribution in [3.63, 3.8) is 0 Å². The minimum absolute atomic E-state index is 0.0945. The summed E-state index contributed by atoms with van der Waals surface area (Å²) in [6, 6.07) is -0.00528. The lowest BCUT2D eigenvalue weighted by atomic mass is 9.95. The Morgan fingerprint density at radius 2 is 1.83 bits per heavy atom. The van der Waals surface area contributed by atoms with Gasteiger partial charge in [0.2, 0.25) is 0 Å². The van der Waals surface area contributed by atoms with Gasteiger partial charge in [-0.1, -0.05) is 19.3 Å². The highest BCUT2D eigenvalue weighted by Gasteiger charge is 2.30. The number of sulfone groups is 1. The maximum absolute atomic E-state index is 12.0. The molecule has 0 aromatic heterocycles. The molecule has 2 fully saturated rings. The Labute approximate surface area is 109 Å². The van der Waals surface area contributed by atoms with Crippen molar-refractivity contribution >= 4 is 15.9 Å². The molecule has 1 saturated carbocycles. The van der Waals surface area contributed by atoms with E-state index in [2.05, 4.69) is 5.32 Å². The second kappa shape index (κ2) is 5.47. The lowest BCUT2D eigenvalue weighted by Gasteiger charge is -2.32. The van der Waals surface area contributed by atoms with Crippen molar-refractivity contribution in [1.29, 1.82) is 0 Å². The molecular formula is C12H22N2O3S. The maximum atomic E-state index is 12.0. The molecule has 1 atom stereocenters. The molecule has 2 amide bonds. The van der Waals surface area contributed by atoms with Crippen molar-refractivity contribution in [3.8, 4) is 0 Å². The third-order valence-corrected chi connectivity index (χ3v) is 5.77. The molecule has 2 rings (SSSR count). The molecule has 2 aliphatic rings. The summed E-state index contributed by atoms with van der Waals surface area (Å²) in [4.78, 5) is 13.8. The van der Waals surface area contributed by atoms with Crippen LogP contribution in [0.25, 0.3) is 0 Å². The molecule has 1 saturated heterocycles. The standard InChI is InChI=1S/C12H22N2O3S/c1-14(11-5-3-2-4-6-11)12(15)13-10-7-8-18(16,17)9-10/h10-11H,2-9H2,1H3,(H,13,15)/t10-/m1/s1. The van der Waals surface area contributed by atoms with Gasteiger partial charge in [-0.15, -0.1) is 0 Å². The second-order valence-electron chi connectivity index (χ2n) is 5.45. The van der Waals surface area contributed by atoms with E-state index in [1.54, 1.807) is 4.90 Å². The van der Waals surface area contributed by atoms with Crippen LogP contribution in [0, 0.1) is 0 Å². The highest BCUT2D eigenvalue weighted by molar-refractivity contribution is 7.91. The first-order valence-electron chi connectivity index (χ1n) is 6.72. The molecule has 104 valence electrons. The van der Waals surface area contributed by atoms with Crippen LogP contribution in [0.1, 0.15) is 38.5 Å². The van der Waals surface area contributed by atoms with Crippen molar-refractivity contribution in [1.82, 2.24) is 10.2 Å². The van der Waals surface area contributed by atoms with Gasteiger partial charge in [-0.05, 0) is 19.3 Å². The number of rotatable bonds is 2. The third kappa shape index (κ3) is 3.37. The van der Waals surface area contributed by atoms with E-state index in [1.807, 2.05) is 7.05 Å². The fraction of sp³-hybridized carbons (Fsp3) is 0.917. The molecule has 1 aliphatic heterocycles. The Morgan fingerprint density at radius 3 is 2.39 bits per heavy atom. The highest BCUT2D eigenvalue weighted by atomic mass is 32.2. The molecule has 0 aromatic carbocycles. The van der Waals surface area contributed by atoms with Crippen LogP contribution in [0.3, 0.4) is 0 Å². The minimum Gasteiger partial charge on any atom is -0.334 e. The van der Waals surface area contributed by atoms with Crippen molar-refractivity contribution in [3.05, 3.63) is 0 Å². The van der Waals surface area contributed by atoms with Crippen LogP contribution in [0.4, 0.5) is 4.79 Å². The summed E-state index contributed by atoms with van der Waals surface area (Å²) in [5.74, 6) is 0.294. The first kappa shape index (κ1) is 13.6. The Hall–Kier alpha value is -0.780. The van der Waals surface area contributed by atoms with Gasteiger partial charge < -0.3 is 10.2 Å². The molecule has 1 aliphatic carbocycles. The maximum Gasteiger partial charge on any atom is 0.317 e. The van der Waals surface area contributed by atoms with Crippen LogP contribution in [0.15, 0.2) is 0 Å². The predicted octanol–water partition coefficient (Wildman–Crippen LogP) is 1.15. The first-order valence-corrected chi connectivity index (χ1v) is 8.54. The lowest BCUT2D eigenvalue weighted by Crippen LogP contribution is -2.48. The molecule has 18 heavy (non-hydrogen) atoms. The highest BCUT2D eigenvalue weighted by Crippen LogP contribution is 2.22. The van der Waals surface area contributed by atoms with Crippen molar-refractivity contribution in [2.24, 2.45) is 0 Å². The number of amides is 2. The summed E-state index contributed by atoms with van der Waals surface area (Å²) in [7, 11) is -1.11. The van der Waals surface area contributed by atoms with E-state index in [-0.39, 0.29) is 23.6 Å². The van der Waals surface area contributed by atoms with E-state index >= 15 is 0 Å². The fourth-order valence-corrected chi connectivity index (χ4v) is 4.49. The average Bonchev–Trinajstić information content (AvgIpc) is 2.68. The Bertz CT molecular complexity index is 402. The normalized spacial score (nSPS) is 27.9. The van der Waals surface area contributed by atoms with Gasteiger partial charge in [-0.2, -0.15) is 0 Å². The Kier molecular flexibility index (Phi) is 4.14. The van der Waals surface area contributed by atoms with Gasteiger partial charge in [0.1, 0.15) is 0 Å². The van der Waals surface area contributed by atoms with Crippen molar-refractivity contribution < 1.29 is 13.2 Å². The smallest absolute Gasteiger partial charge is 0.317 e. The molecule has 0 aromatic rings. The van der Waals surface area contributed by atoms with E-state index in [1.165, 1.54) is 19.3 Å². The number of urea groups is 1. The van der Waals surface area contributed by atoms with E-state index in [0.29, 0.717) is 12.5 Å². The van der Waals surface area contributed by atoms with Gasteiger partial charge in [0, 0.05) is 19.1 Å². The molecule has 6 heteroatoms. The van der Waals surface area contributed by atoms with Crippen LogP contribution in [0.2, 0.25) is 0 Å². The van der Waals surface area contributed by atoms with E-state index < -0.39 is 9.84 Å². The van der Waals surface area contributed by atoms with E-state index in [9.17, 15) is 13.2 Å². The molecule has 1 N–H and O–H groups in total. The summed E-state index contributed by atoms with van der Waals surface area (Å²) in [6.07, 6.45) is 6.29. The largest absolute Gasteiger partial charge is 0.334 e. The minimum atomic E-state index is -2.92. The van der Waals surface area contributed by atoms with Gasteiger partial charge in [0.05, 0.1) is 11.5 Å². The van der Waals surface area contributed by atoms with Crippen LogP contribution >= 0.6 is 0 Å². The molecular weight excluding hydrogens is 252 g/mol. The zero-order chi connectivity index (χ0) is 13.2. The Morgan fingerprint density at radius 1 is 1.17 bits per heavy atom. The number of hydrogen-bond acceptors (Lipinski definition) is 3. The van der Waals surface area contributed by atoms with Crippen LogP contribution < -0.4 is 5.32 Å². The van der Waals surface area contributed by atoms with Crippen LogP contribution in [-0.4, -0.2) is 50.0 Å². The summed E-state index contributed by atoms with van der Waals surface area (Å²) in [5.41, 5.74) is 0. The van der Waals surface area contributed by atoms with Crippen LogP contribution in [-0.2, 0) is 9.84 Å². The number of hydrogen-bond donors (Lipinski definition) is 1. The average molecular weight is 274 g/mol. The monoisotopic (exact) mass is 274 g/mol. The van der Waals surface area contributed by atoms with Gasteiger partial charge in [-0.3, -0.25) is 0 Å². The quantitative estimate of drug-likeness (QED) is 0.821. The summed E-state index contributed by atoms with van der Waals surface area (Å²) >= 11 is 0. The summed E-state index contributed by atoms with van der Waals surface area (Å²) in [6.45, 7) is 0. The zero-order valence-corrected chi connectivity index (χ0v) is 11.7. The number of carbonyl (C=O) groups excluding carboxylic acids is 1. The molecule has 0 spiro atoms. The van der Waals surface area contributed by atoms with Crippen molar-refractivity contribution in [2.75, 3.05) is 18.6 Å². The van der Waals surface area contributed by atoms with Gasteiger partial charge >= 0.3 is 6.03 Å². The lowest BCUT2D eigenvalue weighted by molar-refractivity contribution is 0.171. The zero-order valence-electron chi connectivity index (χ0n) is 10.9. The molecule has 0 unspecified atom stereocenters. The van der Waals surface area contributed by atoms with E-state index in [4.69, 9.17) is 0 Å². The molecule has 0 radical (unpaired) electrons. The summed E-state index contributed by atoms with van der Waals surface area (Å²) in [5, 5.41) is 2.84. The first-order chi connectivity index (χ1) is 8.48. The fourth-order valence-electron chi connectivity index (χ4n) is 2.82. The van der Waals surface area contributed by atoms with Gasteiger partial charge in [0.15, 0.2) is 9.84 Å². The Balaban J connectivity index is 1.84. The van der Waals surface area contributed by atoms with Gasteiger partial charge in [-0.25, -0.2) is 13.2 Å².